The maximum Gasteiger partial charge on any atom is 0.264 e. The lowest BCUT2D eigenvalue weighted by Crippen LogP contribution is -2.38. The van der Waals surface area contributed by atoms with E-state index >= 15 is 0 Å². The fraction of sp³-hybridized carbons (Fsp3) is 0.174. The summed E-state index contributed by atoms with van der Waals surface area (Å²) in [7, 11) is -2.33. The van der Waals surface area contributed by atoms with Crippen molar-refractivity contribution < 1.29 is 17.9 Å². The number of aryl methyl sites for hydroxylation is 1. The number of anilines is 2. The van der Waals surface area contributed by atoms with Crippen LogP contribution in [0.25, 0.3) is 0 Å². The van der Waals surface area contributed by atoms with Crippen molar-refractivity contribution in [1.29, 1.82) is 0 Å². The number of nitrogens with one attached hydrogen (secondary N) is 1. The molecule has 0 atom stereocenters. The zero-order chi connectivity index (χ0) is 21.6. The molecular weight excluding hydrogens is 400 g/mol. The number of carbonyl (C=O) groups is 1. The van der Waals surface area contributed by atoms with Gasteiger partial charge in [0.2, 0.25) is 5.91 Å². The molecule has 0 radical (unpaired) electrons. The van der Waals surface area contributed by atoms with E-state index in [9.17, 15) is 13.2 Å². The summed E-state index contributed by atoms with van der Waals surface area (Å²) in [5, 5.41) is 2.78. The van der Waals surface area contributed by atoms with Crippen molar-refractivity contribution in [2.75, 3.05) is 23.3 Å². The van der Waals surface area contributed by atoms with E-state index in [-0.39, 0.29) is 11.4 Å². The molecule has 0 fully saturated rings. The molecule has 30 heavy (non-hydrogen) atoms. The van der Waals surface area contributed by atoms with Gasteiger partial charge in [-0.15, -0.1) is 0 Å². The third kappa shape index (κ3) is 5.25. The molecule has 3 rings (SSSR count). The van der Waals surface area contributed by atoms with Crippen molar-refractivity contribution in [2.24, 2.45) is 0 Å². The minimum absolute atomic E-state index is 0.126. The van der Waals surface area contributed by atoms with E-state index in [1.165, 1.54) is 12.1 Å². The van der Waals surface area contributed by atoms with Crippen LogP contribution in [0.1, 0.15) is 11.1 Å². The van der Waals surface area contributed by atoms with Gasteiger partial charge in [0, 0.05) is 12.8 Å². The number of carbonyl (C=O) groups excluding carboxylic acids is 1. The number of benzene rings is 3. The van der Waals surface area contributed by atoms with Gasteiger partial charge in [-0.05, 0) is 54.4 Å². The molecule has 156 valence electrons. The molecule has 0 aliphatic rings. The van der Waals surface area contributed by atoms with E-state index in [1.807, 2.05) is 25.1 Å². The summed E-state index contributed by atoms with van der Waals surface area (Å²) in [4.78, 5) is 12.9. The summed E-state index contributed by atoms with van der Waals surface area (Å²) < 4.78 is 32.8. The molecule has 0 saturated carbocycles. The van der Waals surface area contributed by atoms with Crippen LogP contribution in [0.4, 0.5) is 11.4 Å². The van der Waals surface area contributed by atoms with Crippen molar-refractivity contribution >= 4 is 27.3 Å². The normalized spacial score (nSPS) is 11.1. The van der Waals surface area contributed by atoms with Gasteiger partial charge < -0.3 is 10.1 Å². The molecule has 1 N–H and O–H groups in total. The third-order valence-electron chi connectivity index (χ3n) is 4.43. The average Bonchev–Trinajstić information content (AvgIpc) is 2.73. The number of methoxy groups -OCH3 is 1. The van der Waals surface area contributed by atoms with Gasteiger partial charge in [-0.1, -0.05) is 42.5 Å². The lowest BCUT2D eigenvalue weighted by Gasteiger charge is -2.24. The Bertz CT molecular complexity index is 1110. The topological polar surface area (TPSA) is 75.7 Å². The molecule has 3 aromatic carbocycles. The number of amides is 1. The summed E-state index contributed by atoms with van der Waals surface area (Å²) in [6.45, 7) is 1.94. The fourth-order valence-corrected chi connectivity index (χ4v) is 4.49. The molecule has 0 unspecified atom stereocenters. The minimum Gasteiger partial charge on any atom is -0.380 e. The van der Waals surface area contributed by atoms with Crippen molar-refractivity contribution in [1.82, 2.24) is 0 Å². The molecule has 6 nitrogen and oxygen atoms in total. The fourth-order valence-electron chi connectivity index (χ4n) is 3.05. The van der Waals surface area contributed by atoms with E-state index in [0.717, 1.165) is 15.4 Å². The highest BCUT2D eigenvalue weighted by molar-refractivity contribution is 7.92. The number of rotatable bonds is 8. The van der Waals surface area contributed by atoms with Gasteiger partial charge in [-0.2, -0.15) is 0 Å². The largest absolute Gasteiger partial charge is 0.380 e. The molecule has 0 saturated heterocycles. The standard InChI is InChI=1S/C23H24N2O4S/c1-18-8-6-11-21(14-18)25(30(27,28)22-12-4-3-5-13-22)16-23(26)24-20-10-7-9-19(15-20)17-29-2/h3-15H,16-17H2,1-2H3,(H,24,26). The second-order valence-corrected chi connectivity index (χ2v) is 8.71. The first kappa shape index (κ1) is 21.5. The van der Waals surface area contributed by atoms with Crippen LogP contribution in [0.15, 0.2) is 83.8 Å². The Morgan fingerprint density at radius 2 is 1.70 bits per heavy atom. The molecular formula is C23H24N2O4S. The Balaban J connectivity index is 1.89. The maximum absolute atomic E-state index is 13.3. The zero-order valence-corrected chi connectivity index (χ0v) is 17.7. The first-order valence-corrected chi connectivity index (χ1v) is 10.9. The third-order valence-corrected chi connectivity index (χ3v) is 6.22. The van der Waals surface area contributed by atoms with E-state index in [0.29, 0.717) is 18.0 Å². The van der Waals surface area contributed by atoms with Crippen LogP contribution in [0.5, 0.6) is 0 Å². The molecule has 7 heteroatoms. The number of sulfonamides is 1. The highest BCUT2D eigenvalue weighted by Crippen LogP contribution is 2.24. The van der Waals surface area contributed by atoms with Gasteiger partial charge in [0.1, 0.15) is 6.54 Å². The van der Waals surface area contributed by atoms with Crippen molar-refractivity contribution in [2.45, 2.75) is 18.4 Å². The van der Waals surface area contributed by atoms with Gasteiger partial charge in [0.25, 0.3) is 10.0 Å². The number of nitrogens with zero attached hydrogens (tertiary/aromatic N) is 1. The van der Waals surface area contributed by atoms with E-state index in [4.69, 9.17) is 4.74 Å². The van der Waals surface area contributed by atoms with E-state index in [2.05, 4.69) is 5.32 Å². The molecule has 0 aliphatic heterocycles. The molecule has 0 bridgehead atoms. The Hall–Kier alpha value is -3.16. The molecule has 0 aromatic heterocycles. The van der Waals surface area contributed by atoms with Crippen molar-refractivity contribution in [3.8, 4) is 0 Å². The summed E-state index contributed by atoms with van der Waals surface area (Å²) in [6, 6.07) is 22.4. The van der Waals surface area contributed by atoms with Crippen LogP contribution in [-0.2, 0) is 26.2 Å². The zero-order valence-electron chi connectivity index (χ0n) is 16.9. The first-order chi connectivity index (χ1) is 14.4. The van der Waals surface area contributed by atoms with Crippen molar-refractivity contribution in [3.63, 3.8) is 0 Å². The molecule has 0 spiro atoms. The van der Waals surface area contributed by atoms with E-state index in [1.54, 1.807) is 55.6 Å². The molecule has 1 amide bonds. The Morgan fingerprint density at radius 3 is 2.40 bits per heavy atom. The van der Waals surface area contributed by atoms with Gasteiger partial charge in [0.15, 0.2) is 0 Å². The molecule has 3 aromatic rings. The average molecular weight is 425 g/mol. The smallest absolute Gasteiger partial charge is 0.264 e. The summed E-state index contributed by atoms with van der Waals surface area (Å²) >= 11 is 0. The predicted octanol–water partition coefficient (Wildman–Crippen LogP) is 3.98. The SMILES string of the molecule is COCc1cccc(NC(=O)CN(c2cccc(C)c2)S(=O)(=O)c2ccccc2)c1. The van der Waals surface area contributed by atoms with E-state index < -0.39 is 15.9 Å². The maximum atomic E-state index is 13.3. The van der Waals surface area contributed by atoms with Crippen LogP contribution >= 0.6 is 0 Å². The summed E-state index contributed by atoms with van der Waals surface area (Å²) in [5.74, 6) is -0.439. The first-order valence-electron chi connectivity index (χ1n) is 9.42. The van der Waals surface area contributed by atoms with Gasteiger partial charge in [-0.3, -0.25) is 9.10 Å². The van der Waals surface area contributed by atoms with Gasteiger partial charge in [0.05, 0.1) is 17.2 Å². The molecule has 0 heterocycles. The second kappa shape index (κ2) is 9.56. The predicted molar refractivity (Wildman–Crippen MR) is 118 cm³/mol. The van der Waals surface area contributed by atoms with Crippen LogP contribution in [0, 0.1) is 6.92 Å². The van der Waals surface area contributed by atoms with Gasteiger partial charge in [-0.25, -0.2) is 8.42 Å². The second-order valence-electron chi connectivity index (χ2n) is 6.85. The lowest BCUT2D eigenvalue weighted by atomic mass is 10.2. The number of ether oxygens (including phenoxy) is 1. The van der Waals surface area contributed by atoms with Gasteiger partial charge >= 0.3 is 0 Å². The summed E-state index contributed by atoms with van der Waals surface area (Å²) in [5.41, 5.74) is 2.81. The highest BCUT2D eigenvalue weighted by Gasteiger charge is 2.27. The lowest BCUT2D eigenvalue weighted by molar-refractivity contribution is -0.114. The quantitative estimate of drug-likeness (QED) is 0.594. The van der Waals surface area contributed by atoms with Crippen LogP contribution in [-0.4, -0.2) is 28.0 Å². The Labute approximate surface area is 177 Å². The van der Waals surface area contributed by atoms with Crippen LogP contribution in [0.2, 0.25) is 0 Å². The number of hydrogen-bond donors (Lipinski definition) is 1. The summed E-state index contributed by atoms with van der Waals surface area (Å²) in [6.07, 6.45) is 0. The van der Waals surface area contributed by atoms with Crippen molar-refractivity contribution in [3.05, 3.63) is 90.0 Å². The minimum atomic E-state index is -3.92. The molecule has 0 aliphatic carbocycles. The highest BCUT2D eigenvalue weighted by atomic mass is 32.2. The Morgan fingerprint density at radius 1 is 0.967 bits per heavy atom. The number of hydrogen-bond acceptors (Lipinski definition) is 4. The monoisotopic (exact) mass is 424 g/mol. The van der Waals surface area contributed by atoms with Crippen LogP contribution in [0.3, 0.4) is 0 Å². The van der Waals surface area contributed by atoms with Crippen LogP contribution < -0.4 is 9.62 Å². The Kier molecular flexibility index (Phi) is 6.87.